The van der Waals surface area contributed by atoms with Crippen LogP contribution in [0.4, 0.5) is 0 Å². The molecule has 2 N–H and O–H groups in total. The van der Waals surface area contributed by atoms with Gasteiger partial charge < -0.3 is 148 Å². The molecule has 0 bridgehead atoms. The predicted octanol–water partition coefficient (Wildman–Crippen LogP) is 7.29. The summed E-state index contributed by atoms with van der Waals surface area (Å²) in [6.45, 7) is 41.3. The minimum Gasteiger partial charge on any atom is -0.481 e. The minimum atomic E-state index is -0.880. The Hall–Kier alpha value is -3.53. The quantitative estimate of drug-likeness (QED) is 0.0445. The highest BCUT2D eigenvalue weighted by Crippen LogP contribution is 2.06. The standard InChI is InChI=1S/C48H94O24.C29H56O11.C7H14O/c1-3-46(2)48(51)72-45-44-71-43-42-70-41-40-69-39-38-68-37-36-67-35-34-66-33-32-65-31-30-64-29-28-63-27-26-62-25-24-61-23-22-60-21-20-59-19-18-58-17-16-57-15-14-56-13-12-55-11-10-54-9-8-53-7-6-52-5-4-47(49)50;1-3-27(2)29(32)40-25-10-24-38-21-8-20-36-17-6-16-34-13-4-12-33-14-5-15-35-18-7-19-37-22-9-23-39-26-11-28(30)31;1-4-6(3)7(8)5-2/h46H,3-45H2,1-2H3,(H,49,50);27H,3-26H2,1-2H3,(H,30,31);6H,4-5H2,1-3H3. The van der Waals surface area contributed by atoms with E-state index in [9.17, 15) is 24.0 Å². The summed E-state index contributed by atoms with van der Waals surface area (Å²) in [4.78, 5) is 54.5. The Labute approximate surface area is 718 Å². The molecule has 0 fully saturated rings. The molecule has 0 saturated carbocycles. The van der Waals surface area contributed by atoms with Gasteiger partial charge in [0.15, 0.2) is 0 Å². The third kappa shape index (κ3) is 109. The van der Waals surface area contributed by atoms with Crippen molar-refractivity contribution in [2.24, 2.45) is 17.8 Å². The second-order valence-electron chi connectivity index (χ2n) is 26.4. The lowest BCUT2D eigenvalue weighted by molar-refractivity contribution is -0.150. The lowest BCUT2D eigenvalue weighted by Gasteiger charge is -2.10. The van der Waals surface area contributed by atoms with E-state index in [4.69, 9.17) is 148 Å². The second-order valence-corrected chi connectivity index (χ2v) is 26.4. The fraction of sp³-hybridized carbons (Fsp3) is 0.940. The first-order chi connectivity index (χ1) is 58.9. The van der Waals surface area contributed by atoms with E-state index in [1.807, 2.05) is 48.5 Å². The number of ether oxygens (including phenoxy) is 29. The number of aliphatic carboxylic acids is 2. The van der Waals surface area contributed by atoms with Crippen molar-refractivity contribution in [3.8, 4) is 0 Å². The third-order valence-electron chi connectivity index (χ3n) is 16.1. The zero-order valence-corrected chi connectivity index (χ0v) is 74.8. The Balaban J connectivity index is -0.00000237. The fourth-order valence-corrected chi connectivity index (χ4v) is 8.62. The molecular weight excluding hydrogens is 1580 g/mol. The molecule has 0 rings (SSSR count). The molecule has 0 saturated heterocycles. The average molecular weight is 1750 g/mol. The van der Waals surface area contributed by atoms with Gasteiger partial charge in [0, 0.05) is 105 Å². The van der Waals surface area contributed by atoms with E-state index in [1.165, 1.54) is 0 Å². The summed E-state index contributed by atoms with van der Waals surface area (Å²) in [6, 6.07) is 0. The number of carbonyl (C=O) groups is 5. The first-order valence-electron chi connectivity index (χ1n) is 43.8. The average Bonchev–Trinajstić information content (AvgIpc) is 0.988. The van der Waals surface area contributed by atoms with Crippen molar-refractivity contribution in [1.29, 1.82) is 0 Å². The molecule has 0 aliphatic heterocycles. The Morgan fingerprint density at radius 2 is 0.317 bits per heavy atom. The van der Waals surface area contributed by atoms with E-state index in [-0.39, 0.29) is 62.4 Å². The van der Waals surface area contributed by atoms with Crippen LogP contribution in [0.3, 0.4) is 0 Å². The molecule has 36 heteroatoms. The van der Waals surface area contributed by atoms with Crippen LogP contribution in [0, 0.1) is 17.8 Å². The summed E-state index contributed by atoms with van der Waals surface area (Å²) >= 11 is 0. The molecule has 0 aliphatic carbocycles. The van der Waals surface area contributed by atoms with Gasteiger partial charge in [0.25, 0.3) is 0 Å². The number of hydrogen-bond donors (Lipinski definition) is 2. The summed E-state index contributed by atoms with van der Waals surface area (Å²) in [6.07, 6.45) is 9.04. The number of hydrogen-bond acceptors (Lipinski definition) is 34. The molecule has 716 valence electrons. The number of Topliss-reactive ketones (excluding diaryl/α,β-unsaturated/α-hetero) is 1. The Bertz CT molecular complexity index is 2030. The van der Waals surface area contributed by atoms with Crippen molar-refractivity contribution in [2.45, 2.75) is 132 Å². The summed E-state index contributed by atoms with van der Waals surface area (Å²) in [5, 5.41) is 17.0. The number of esters is 2. The van der Waals surface area contributed by atoms with E-state index in [0.29, 0.717) is 362 Å². The van der Waals surface area contributed by atoms with Gasteiger partial charge in [-0.15, -0.1) is 0 Å². The molecule has 0 radical (unpaired) electrons. The van der Waals surface area contributed by atoms with Gasteiger partial charge in [0.1, 0.15) is 12.4 Å². The molecule has 0 aromatic carbocycles. The topological polar surface area (TPSA) is 393 Å². The Kier molecular flexibility index (Phi) is 108. The van der Waals surface area contributed by atoms with Gasteiger partial charge in [0.2, 0.25) is 0 Å². The summed E-state index contributed by atoms with van der Waals surface area (Å²) in [5.41, 5.74) is 0. The number of carboxylic acids is 2. The van der Waals surface area contributed by atoms with Gasteiger partial charge in [-0.3, -0.25) is 24.0 Å². The van der Waals surface area contributed by atoms with Gasteiger partial charge in [-0.2, -0.15) is 0 Å². The van der Waals surface area contributed by atoms with E-state index in [2.05, 4.69) is 0 Å². The Morgan fingerprint density at radius 3 is 0.467 bits per heavy atom. The lowest BCUT2D eigenvalue weighted by Crippen LogP contribution is -2.18. The van der Waals surface area contributed by atoms with Crippen LogP contribution in [0.2, 0.25) is 0 Å². The maximum absolute atomic E-state index is 11.6. The van der Waals surface area contributed by atoms with Crippen LogP contribution in [-0.4, -0.2) is 410 Å². The molecule has 120 heavy (non-hydrogen) atoms. The Morgan fingerprint density at radius 1 is 0.183 bits per heavy atom. The van der Waals surface area contributed by atoms with E-state index >= 15 is 0 Å². The highest BCUT2D eigenvalue weighted by molar-refractivity contribution is 5.80. The van der Waals surface area contributed by atoms with E-state index < -0.39 is 11.9 Å². The summed E-state index contributed by atoms with van der Waals surface area (Å²) in [5.74, 6) is -1.50. The van der Waals surface area contributed by atoms with Crippen molar-refractivity contribution < 1.29 is 172 Å². The van der Waals surface area contributed by atoms with Gasteiger partial charge >= 0.3 is 23.9 Å². The fourth-order valence-electron chi connectivity index (χ4n) is 8.62. The SMILES string of the molecule is CCC(=O)C(C)CC.CCC(C)C(=O)OCCCOCCCOCCCOCCCOCCCOCCCOCCCOCCC(=O)O.CCC(C)C(=O)OCCOCCOCCOCCOCCOCCOCCOCCOCCOCCOCCOCCOCCOCCOCCOCCOCCOCCOCCOCCOCCC(=O)O. The van der Waals surface area contributed by atoms with Crippen molar-refractivity contribution in [3.63, 3.8) is 0 Å². The van der Waals surface area contributed by atoms with Crippen molar-refractivity contribution in [1.82, 2.24) is 0 Å². The summed E-state index contributed by atoms with van der Waals surface area (Å²) in [7, 11) is 0. The molecule has 3 unspecified atom stereocenters. The number of carbonyl (C=O) groups excluding carboxylic acids is 3. The van der Waals surface area contributed by atoms with Crippen LogP contribution in [0.1, 0.15) is 132 Å². The molecule has 36 nitrogen and oxygen atoms in total. The lowest BCUT2D eigenvalue weighted by atomic mass is 10.0. The second kappa shape index (κ2) is 108. The van der Waals surface area contributed by atoms with Gasteiger partial charge in [0.05, 0.1) is 302 Å². The molecule has 0 aliphatic rings. The van der Waals surface area contributed by atoms with E-state index in [1.54, 1.807) is 0 Å². The van der Waals surface area contributed by atoms with Gasteiger partial charge in [-0.05, 0) is 57.8 Å². The van der Waals surface area contributed by atoms with Crippen LogP contribution in [0.5, 0.6) is 0 Å². The number of rotatable bonds is 101. The maximum Gasteiger partial charge on any atom is 0.308 e. The van der Waals surface area contributed by atoms with Crippen molar-refractivity contribution >= 4 is 29.7 Å². The maximum atomic E-state index is 11.6. The third-order valence-corrected chi connectivity index (χ3v) is 16.1. The zero-order chi connectivity index (χ0) is 87.9. The van der Waals surface area contributed by atoms with Crippen LogP contribution >= 0.6 is 0 Å². The molecule has 3 atom stereocenters. The van der Waals surface area contributed by atoms with Crippen LogP contribution < -0.4 is 0 Å². The number of carboxylic acid groups (broad SMARTS) is 2. The highest BCUT2D eigenvalue weighted by atomic mass is 16.6. The smallest absolute Gasteiger partial charge is 0.308 e. The predicted molar refractivity (Wildman–Crippen MR) is 445 cm³/mol. The van der Waals surface area contributed by atoms with Gasteiger partial charge in [-0.25, -0.2) is 0 Å². The monoisotopic (exact) mass is 1750 g/mol. The van der Waals surface area contributed by atoms with Gasteiger partial charge in [-0.1, -0.05) is 48.5 Å². The number of ketones is 1. The molecule has 0 heterocycles. The molecular formula is C84H164O36. The van der Waals surface area contributed by atoms with Crippen LogP contribution in [0.15, 0.2) is 0 Å². The first kappa shape index (κ1) is 121. The van der Waals surface area contributed by atoms with E-state index in [0.717, 1.165) is 64.2 Å². The molecule has 0 aromatic heterocycles. The van der Waals surface area contributed by atoms with Crippen molar-refractivity contribution in [3.05, 3.63) is 0 Å². The minimum absolute atomic E-state index is 0.00951. The highest BCUT2D eigenvalue weighted by Gasteiger charge is 2.13. The van der Waals surface area contributed by atoms with Crippen LogP contribution in [-0.2, 0) is 161 Å². The van der Waals surface area contributed by atoms with Crippen LogP contribution in [0.25, 0.3) is 0 Å². The normalized spacial score (nSPS) is 12.1. The molecule has 0 aromatic rings. The molecule has 0 spiro atoms. The first-order valence-corrected chi connectivity index (χ1v) is 43.8. The van der Waals surface area contributed by atoms with Crippen molar-refractivity contribution in [2.75, 3.05) is 370 Å². The largest absolute Gasteiger partial charge is 0.481 e. The summed E-state index contributed by atoms with van der Waals surface area (Å²) < 4.78 is 158. The molecule has 0 amide bonds. The zero-order valence-electron chi connectivity index (χ0n) is 74.8.